The van der Waals surface area contributed by atoms with Crippen LogP contribution in [0.15, 0.2) is 48.6 Å². The van der Waals surface area contributed by atoms with Crippen LogP contribution in [-0.4, -0.2) is 0 Å². The van der Waals surface area contributed by atoms with E-state index in [0.717, 1.165) is 35.5 Å². The van der Waals surface area contributed by atoms with Crippen molar-refractivity contribution in [3.05, 3.63) is 48.6 Å². The lowest BCUT2D eigenvalue weighted by molar-refractivity contribution is 0.00945. The summed E-state index contributed by atoms with van der Waals surface area (Å²) in [5, 5.41) is 0. The molecule has 0 heteroatoms. The first-order chi connectivity index (χ1) is 19.5. The Morgan fingerprint density at radius 2 is 0.810 bits per heavy atom. The second-order valence-electron chi connectivity index (χ2n) is 16.3. The van der Waals surface area contributed by atoms with E-state index in [1.807, 2.05) is 0 Å². The molecule has 0 aromatic rings. The summed E-state index contributed by atoms with van der Waals surface area (Å²) in [7, 11) is 0. The summed E-state index contributed by atoms with van der Waals surface area (Å²) in [4.78, 5) is 0. The summed E-state index contributed by atoms with van der Waals surface area (Å²) in [6.45, 7) is 40.3. The fourth-order valence-corrected chi connectivity index (χ4v) is 8.62. The van der Waals surface area contributed by atoms with Crippen LogP contribution in [-0.2, 0) is 0 Å². The quantitative estimate of drug-likeness (QED) is 0.250. The van der Waals surface area contributed by atoms with Crippen LogP contribution >= 0.6 is 0 Å². The molecule has 0 aromatic carbocycles. The minimum absolute atomic E-state index is 0.519. The van der Waals surface area contributed by atoms with Gasteiger partial charge in [0.2, 0.25) is 0 Å². The van der Waals surface area contributed by atoms with Crippen LogP contribution in [0.5, 0.6) is 0 Å². The Morgan fingerprint density at radius 1 is 0.524 bits per heavy atom. The van der Waals surface area contributed by atoms with Gasteiger partial charge in [-0.05, 0) is 95.7 Å². The normalized spacial score (nSPS) is 34.2. The Labute approximate surface area is 266 Å². The Balaban J connectivity index is 0.000000280. The van der Waals surface area contributed by atoms with E-state index in [9.17, 15) is 0 Å². The smallest absolute Gasteiger partial charge is 0.0113 e. The average molecular weight is 581 g/mol. The minimum atomic E-state index is 0.519. The van der Waals surface area contributed by atoms with Gasteiger partial charge in [-0.15, -0.1) is 13.2 Å². The van der Waals surface area contributed by atoms with Gasteiger partial charge in [0.15, 0.2) is 0 Å². The summed E-state index contributed by atoms with van der Waals surface area (Å²) in [5.74, 6) is 5.32. The number of hydrogen-bond acceptors (Lipinski definition) is 0. The zero-order valence-corrected chi connectivity index (χ0v) is 31.3. The Kier molecular flexibility index (Phi) is 15.2. The van der Waals surface area contributed by atoms with Crippen molar-refractivity contribution in [3.8, 4) is 0 Å². The highest BCUT2D eigenvalue weighted by atomic mass is 14.5. The standard InChI is InChI=1S/2C11H20.2C10H18/c2*1-5-7-10-8-9(6-2)11(10,3)4;2*1-5-8-7-9(6-2)10(8,3)4/h2*7,9H,5-6,8H2,1-4H3;2*5,8-9H,1,6-7H2,2-4H3/b2*10-7+;;. The Morgan fingerprint density at radius 3 is 0.976 bits per heavy atom. The second-order valence-corrected chi connectivity index (χ2v) is 16.3. The van der Waals surface area contributed by atoms with Crippen molar-refractivity contribution in [3.63, 3.8) is 0 Å². The Hall–Kier alpha value is -1.04. The topological polar surface area (TPSA) is 0 Å². The molecule has 4 rings (SSSR count). The molecule has 4 aliphatic rings. The van der Waals surface area contributed by atoms with Gasteiger partial charge in [-0.2, -0.15) is 0 Å². The lowest BCUT2D eigenvalue weighted by atomic mass is 9.54. The predicted molar refractivity (Wildman–Crippen MR) is 193 cm³/mol. The molecule has 6 unspecified atom stereocenters. The summed E-state index contributed by atoms with van der Waals surface area (Å²) in [6.07, 6.45) is 22.3. The largest absolute Gasteiger partial charge is 0.103 e. The van der Waals surface area contributed by atoms with Crippen molar-refractivity contribution in [2.24, 2.45) is 57.2 Å². The van der Waals surface area contributed by atoms with Gasteiger partial charge >= 0.3 is 0 Å². The third-order valence-electron chi connectivity index (χ3n) is 13.2. The molecule has 0 aliphatic heterocycles. The number of allylic oxidation sites excluding steroid dienone is 6. The van der Waals surface area contributed by atoms with Gasteiger partial charge in [0.1, 0.15) is 0 Å². The Bertz CT molecular complexity index is 813. The van der Waals surface area contributed by atoms with Crippen molar-refractivity contribution < 1.29 is 0 Å². The summed E-state index contributed by atoms with van der Waals surface area (Å²) >= 11 is 0. The van der Waals surface area contributed by atoms with Crippen LogP contribution in [0, 0.1) is 57.2 Å². The first-order valence-electron chi connectivity index (χ1n) is 18.1. The van der Waals surface area contributed by atoms with Gasteiger partial charge in [0, 0.05) is 0 Å². The number of hydrogen-bond donors (Lipinski definition) is 0. The second kappa shape index (κ2) is 16.3. The maximum absolute atomic E-state index is 3.85. The average Bonchev–Trinajstić information content (AvgIpc) is 2.93. The molecule has 0 bridgehead atoms. The summed E-state index contributed by atoms with van der Waals surface area (Å²) in [5.41, 5.74) is 5.49. The van der Waals surface area contributed by atoms with E-state index in [1.54, 1.807) is 11.1 Å². The van der Waals surface area contributed by atoms with E-state index in [1.165, 1.54) is 64.2 Å². The summed E-state index contributed by atoms with van der Waals surface area (Å²) < 4.78 is 0. The predicted octanol–water partition coefficient (Wildman–Crippen LogP) is 14.0. The van der Waals surface area contributed by atoms with E-state index in [2.05, 4.69) is 134 Å². The van der Waals surface area contributed by atoms with E-state index in [0.29, 0.717) is 21.7 Å². The molecule has 6 atom stereocenters. The maximum Gasteiger partial charge on any atom is -0.0113 e. The monoisotopic (exact) mass is 581 g/mol. The molecule has 0 amide bonds. The molecular weight excluding hydrogens is 504 g/mol. The molecule has 4 fully saturated rings. The van der Waals surface area contributed by atoms with E-state index in [4.69, 9.17) is 0 Å². The van der Waals surface area contributed by atoms with Gasteiger partial charge in [0.25, 0.3) is 0 Å². The van der Waals surface area contributed by atoms with Crippen LogP contribution in [0.2, 0.25) is 0 Å². The molecule has 4 aliphatic carbocycles. The van der Waals surface area contributed by atoms with Crippen LogP contribution in [0.4, 0.5) is 0 Å². The van der Waals surface area contributed by atoms with E-state index >= 15 is 0 Å². The van der Waals surface area contributed by atoms with Crippen molar-refractivity contribution >= 4 is 0 Å². The zero-order valence-electron chi connectivity index (χ0n) is 31.3. The van der Waals surface area contributed by atoms with E-state index < -0.39 is 0 Å². The fourth-order valence-electron chi connectivity index (χ4n) is 8.62. The molecule has 0 N–H and O–H groups in total. The molecule has 244 valence electrons. The molecule has 42 heavy (non-hydrogen) atoms. The van der Waals surface area contributed by atoms with Crippen LogP contribution in [0.3, 0.4) is 0 Å². The van der Waals surface area contributed by atoms with Crippen LogP contribution < -0.4 is 0 Å². The van der Waals surface area contributed by atoms with Gasteiger partial charge < -0.3 is 0 Å². The molecule has 0 saturated heterocycles. The molecule has 0 heterocycles. The van der Waals surface area contributed by atoms with Crippen molar-refractivity contribution in [1.82, 2.24) is 0 Å². The van der Waals surface area contributed by atoms with Gasteiger partial charge in [0.05, 0.1) is 0 Å². The molecule has 4 saturated carbocycles. The SMILES string of the molecule is C=CC1CC(CC)C1(C)C.C=CC1CC(CC)C1(C)C.CC/C=C1\CC(CC)C1(C)C.CC/C=C1\CC(CC)C1(C)C. The molecule has 0 radical (unpaired) electrons. The maximum atomic E-state index is 3.85. The van der Waals surface area contributed by atoms with Crippen molar-refractivity contribution in [2.75, 3.05) is 0 Å². The van der Waals surface area contributed by atoms with Crippen molar-refractivity contribution in [1.29, 1.82) is 0 Å². The molecule has 0 aromatic heterocycles. The zero-order chi connectivity index (χ0) is 32.5. The fraction of sp³-hybridized carbons (Fsp3) is 0.810. The lowest BCUT2D eigenvalue weighted by Gasteiger charge is -2.51. The first kappa shape index (κ1) is 39.0. The summed E-state index contributed by atoms with van der Waals surface area (Å²) in [6, 6.07) is 0. The van der Waals surface area contributed by atoms with Gasteiger partial charge in [-0.3, -0.25) is 0 Å². The van der Waals surface area contributed by atoms with Gasteiger partial charge in [-0.25, -0.2) is 0 Å². The van der Waals surface area contributed by atoms with Crippen LogP contribution in [0.1, 0.15) is 161 Å². The highest BCUT2D eigenvalue weighted by Crippen LogP contribution is 2.55. The third kappa shape index (κ3) is 8.57. The van der Waals surface area contributed by atoms with E-state index in [-0.39, 0.29) is 0 Å². The third-order valence-corrected chi connectivity index (χ3v) is 13.2. The highest BCUT2D eigenvalue weighted by molar-refractivity contribution is 5.24. The van der Waals surface area contributed by atoms with Gasteiger partial charge in [-0.1, -0.05) is 158 Å². The van der Waals surface area contributed by atoms with Crippen LogP contribution in [0.25, 0.3) is 0 Å². The molecule has 0 nitrogen and oxygen atoms in total. The molecule has 0 spiro atoms. The lowest BCUT2D eigenvalue weighted by Crippen LogP contribution is -2.43. The minimum Gasteiger partial charge on any atom is -0.103 e. The van der Waals surface area contributed by atoms with Crippen molar-refractivity contribution in [2.45, 2.75) is 161 Å². The highest BCUT2D eigenvalue weighted by Gasteiger charge is 2.45. The first-order valence-corrected chi connectivity index (χ1v) is 18.1. The molecular formula is C42H76. The number of rotatable bonds is 8.